The number of aromatic nitrogens is 1. The number of piperidine rings is 1. The van der Waals surface area contributed by atoms with Gasteiger partial charge in [0.25, 0.3) is 0 Å². The van der Waals surface area contributed by atoms with Gasteiger partial charge >= 0.3 is 5.97 Å². The summed E-state index contributed by atoms with van der Waals surface area (Å²) in [5.74, 6) is -3.97. The third-order valence-corrected chi connectivity index (χ3v) is 7.98. The van der Waals surface area contributed by atoms with E-state index in [4.69, 9.17) is 4.74 Å². The van der Waals surface area contributed by atoms with E-state index in [1.165, 1.54) is 0 Å². The van der Waals surface area contributed by atoms with E-state index in [1.54, 1.807) is 13.3 Å². The average Bonchev–Trinajstić information content (AvgIpc) is 2.92. The molecule has 0 amide bonds. The van der Waals surface area contributed by atoms with Crippen LogP contribution in [0.2, 0.25) is 0 Å². The van der Waals surface area contributed by atoms with Crippen LogP contribution < -0.4 is 4.74 Å². The normalized spacial score (nSPS) is 15.5. The highest BCUT2D eigenvalue weighted by atomic mass is 19.2. The van der Waals surface area contributed by atoms with Gasteiger partial charge in [0.05, 0.1) is 19.0 Å². The van der Waals surface area contributed by atoms with E-state index in [-0.39, 0.29) is 11.8 Å². The van der Waals surface area contributed by atoms with E-state index < -0.39 is 30.1 Å². The molecular formula is C30H34F4N2O3. The van der Waals surface area contributed by atoms with Crippen molar-refractivity contribution in [2.75, 3.05) is 26.7 Å². The lowest BCUT2D eigenvalue weighted by Crippen LogP contribution is -2.41. The van der Waals surface area contributed by atoms with Crippen molar-refractivity contribution < 1.29 is 32.2 Å². The van der Waals surface area contributed by atoms with Gasteiger partial charge in [-0.25, -0.2) is 17.6 Å². The number of carboxylic acid groups (broad SMARTS) is 1. The largest absolute Gasteiger partial charge is 0.497 e. The molecule has 9 heteroatoms. The Bertz CT molecular complexity index is 1280. The maximum atomic E-state index is 13.8. The quantitative estimate of drug-likeness (QED) is 0.204. The predicted octanol–water partition coefficient (Wildman–Crippen LogP) is 6.64. The van der Waals surface area contributed by atoms with Crippen LogP contribution in [0.1, 0.15) is 55.2 Å². The van der Waals surface area contributed by atoms with Crippen LogP contribution in [-0.2, 0) is 24.3 Å². The van der Waals surface area contributed by atoms with Crippen molar-refractivity contribution in [1.82, 2.24) is 9.88 Å². The number of halogens is 4. The number of methoxy groups -OCH3 is 1. The van der Waals surface area contributed by atoms with Crippen LogP contribution in [0.4, 0.5) is 17.6 Å². The number of hydrogen-bond donors (Lipinski definition) is 1. The maximum Gasteiger partial charge on any atom is 0.303 e. The molecule has 1 saturated heterocycles. The van der Waals surface area contributed by atoms with Gasteiger partial charge in [-0.15, -0.1) is 0 Å². The summed E-state index contributed by atoms with van der Waals surface area (Å²) in [6.07, 6.45) is 6.22. The third-order valence-electron chi connectivity index (χ3n) is 7.98. The highest BCUT2D eigenvalue weighted by molar-refractivity contribution is 5.84. The minimum Gasteiger partial charge on any atom is -0.497 e. The molecule has 5 nitrogen and oxygen atoms in total. The summed E-state index contributed by atoms with van der Waals surface area (Å²) in [6.45, 7) is 1.53. The van der Waals surface area contributed by atoms with Gasteiger partial charge in [0.15, 0.2) is 17.5 Å². The minimum atomic E-state index is -1.46. The SMILES string of the molecule is COc1ccc2ncc(CF)c(CCCC3(CC(=O)O)CCN(CCCc4cc(F)c(F)c(F)c4)CC3)c2c1. The Hall–Kier alpha value is -3.20. The average molecular weight is 547 g/mol. The molecule has 3 aromatic rings. The Morgan fingerprint density at radius 1 is 1.08 bits per heavy atom. The van der Waals surface area contributed by atoms with Crippen molar-refractivity contribution in [1.29, 1.82) is 0 Å². The lowest BCUT2D eigenvalue weighted by Gasteiger charge is -2.41. The van der Waals surface area contributed by atoms with E-state index in [0.717, 1.165) is 61.0 Å². The number of hydrogen-bond acceptors (Lipinski definition) is 4. The summed E-state index contributed by atoms with van der Waals surface area (Å²) in [7, 11) is 1.58. The second kappa shape index (κ2) is 12.8. The highest BCUT2D eigenvalue weighted by Crippen LogP contribution is 2.40. The van der Waals surface area contributed by atoms with Gasteiger partial charge in [0, 0.05) is 17.1 Å². The van der Waals surface area contributed by atoms with Crippen LogP contribution in [0.3, 0.4) is 0 Å². The van der Waals surface area contributed by atoms with Crippen molar-refractivity contribution in [2.24, 2.45) is 5.41 Å². The number of aliphatic carboxylic acids is 1. The van der Waals surface area contributed by atoms with Gasteiger partial charge in [-0.1, -0.05) is 0 Å². The fraction of sp³-hybridized carbons (Fsp3) is 0.467. The summed E-state index contributed by atoms with van der Waals surface area (Å²) < 4.78 is 59.3. The number of carbonyl (C=O) groups is 1. The zero-order valence-electron chi connectivity index (χ0n) is 22.1. The van der Waals surface area contributed by atoms with Gasteiger partial charge < -0.3 is 14.7 Å². The number of pyridine rings is 1. The van der Waals surface area contributed by atoms with Gasteiger partial charge in [-0.05, 0) is 111 Å². The minimum absolute atomic E-state index is 0.0792. The van der Waals surface area contributed by atoms with E-state index in [2.05, 4.69) is 9.88 Å². The summed E-state index contributed by atoms with van der Waals surface area (Å²) >= 11 is 0. The monoisotopic (exact) mass is 546 g/mol. The van der Waals surface area contributed by atoms with Crippen LogP contribution in [0.5, 0.6) is 5.75 Å². The molecule has 1 aromatic heterocycles. The number of rotatable bonds is 12. The van der Waals surface area contributed by atoms with Crippen molar-refractivity contribution in [3.05, 3.63) is 70.7 Å². The van der Waals surface area contributed by atoms with E-state index in [9.17, 15) is 27.5 Å². The standard InChI is InChI=1S/C30H34F4N2O3/c1-39-22-6-7-27-24(16-22)23(21(18-31)19-35-27)5-2-8-30(17-28(37)38)9-12-36(13-10-30)11-3-4-20-14-25(32)29(34)26(33)15-20/h6-7,14-16,19H,2-5,8-13,17-18H2,1H3,(H,37,38). The molecule has 0 radical (unpaired) electrons. The number of aryl methyl sites for hydroxylation is 2. The molecule has 210 valence electrons. The van der Waals surface area contributed by atoms with Crippen LogP contribution in [-0.4, -0.2) is 47.7 Å². The third kappa shape index (κ3) is 7.06. The Morgan fingerprint density at radius 3 is 2.44 bits per heavy atom. The zero-order valence-corrected chi connectivity index (χ0v) is 22.1. The first kappa shape index (κ1) is 28.8. The highest BCUT2D eigenvalue weighted by Gasteiger charge is 2.36. The van der Waals surface area contributed by atoms with E-state index in [1.807, 2.05) is 18.2 Å². The predicted molar refractivity (Wildman–Crippen MR) is 141 cm³/mol. The molecule has 0 atom stereocenters. The van der Waals surface area contributed by atoms with Crippen molar-refractivity contribution >= 4 is 16.9 Å². The maximum absolute atomic E-state index is 13.8. The topological polar surface area (TPSA) is 62.7 Å². The Morgan fingerprint density at radius 2 is 1.79 bits per heavy atom. The molecule has 1 aliphatic heterocycles. The zero-order chi connectivity index (χ0) is 28.0. The number of alkyl halides is 1. The summed E-state index contributed by atoms with van der Waals surface area (Å²) in [6, 6.07) is 7.60. The van der Waals surface area contributed by atoms with Crippen LogP contribution in [0.15, 0.2) is 36.5 Å². The number of nitrogens with zero attached hydrogens (tertiary/aromatic N) is 2. The Kier molecular flexibility index (Phi) is 9.43. The first-order chi connectivity index (χ1) is 18.7. The van der Waals surface area contributed by atoms with Crippen LogP contribution in [0.25, 0.3) is 10.9 Å². The molecule has 0 aliphatic carbocycles. The lowest BCUT2D eigenvalue weighted by molar-refractivity contribution is -0.140. The second-order valence-electron chi connectivity index (χ2n) is 10.5. The number of likely N-dealkylation sites (tertiary alicyclic amines) is 1. The number of carboxylic acids is 1. The molecule has 2 heterocycles. The molecule has 2 aromatic carbocycles. The fourth-order valence-electron chi connectivity index (χ4n) is 5.79. The summed E-state index contributed by atoms with van der Waals surface area (Å²) in [5.41, 5.74) is 2.26. The molecule has 0 bridgehead atoms. The smallest absolute Gasteiger partial charge is 0.303 e. The second-order valence-corrected chi connectivity index (χ2v) is 10.5. The molecule has 0 spiro atoms. The van der Waals surface area contributed by atoms with Crippen molar-refractivity contribution in [2.45, 2.75) is 58.0 Å². The number of fused-ring (bicyclic) bond motifs is 1. The van der Waals surface area contributed by atoms with Crippen LogP contribution in [0, 0.1) is 22.9 Å². The first-order valence-electron chi connectivity index (χ1n) is 13.3. The van der Waals surface area contributed by atoms with Gasteiger partial charge in [0.2, 0.25) is 0 Å². The summed E-state index contributed by atoms with van der Waals surface area (Å²) in [4.78, 5) is 18.4. The molecule has 1 N–H and O–H groups in total. The molecule has 39 heavy (non-hydrogen) atoms. The lowest BCUT2D eigenvalue weighted by atomic mass is 9.71. The molecule has 0 saturated carbocycles. The number of benzene rings is 2. The van der Waals surface area contributed by atoms with Crippen LogP contribution >= 0.6 is 0 Å². The fourth-order valence-corrected chi connectivity index (χ4v) is 5.79. The van der Waals surface area contributed by atoms with Crippen molar-refractivity contribution in [3.63, 3.8) is 0 Å². The molecule has 1 fully saturated rings. The Balaban J connectivity index is 1.36. The molecule has 4 rings (SSSR count). The first-order valence-corrected chi connectivity index (χ1v) is 13.3. The molecular weight excluding hydrogens is 512 g/mol. The van der Waals surface area contributed by atoms with Gasteiger partial charge in [0.1, 0.15) is 12.4 Å². The van der Waals surface area contributed by atoms with E-state index in [0.29, 0.717) is 49.1 Å². The Labute approximate surface area is 225 Å². The molecule has 1 aliphatic rings. The van der Waals surface area contributed by atoms with E-state index >= 15 is 0 Å². The van der Waals surface area contributed by atoms with Crippen molar-refractivity contribution in [3.8, 4) is 5.75 Å². The summed E-state index contributed by atoms with van der Waals surface area (Å²) in [5, 5.41) is 10.5. The van der Waals surface area contributed by atoms with Gasteiger partial charge in [-0.3, -0.25) is 9.78 Å². The van der Waals surface area contributed by atoms with Gasteiger partial charge in [-0.2, -0.15) is 0 Å². The number of ether oxygens (including phenoxy) is 1. The molecule has 0 unspecified atom stereocenters.